The first-order valence-corrected chi connectivity index (χ1v) is 7.46. The predicted molar refractivity (Wildman–Crippen MR) is 84.1 cm³/mol. The van der Waals surface area contributed by atoms with Crippen molar-refractivity contribution in [2.75, 3.05) is 6.54 Å². The van der Waals surface area contributed by atoms with E-state index in [1.165, 1.54) is 5.56 Å². The highest BCUT2D eigenvalue weighted by molar-refractivity contribution is 6.31. The highest BCUT2D eigenvalue weighted by Crippen LogP contribution is 2.23. The molecule has 2 rings (SSSR count). The summed E-state index contributed by atoms with van der Waals surface area (Å²) in [5, 5.41) is 8.88. The van der Waals surface area contributed by atoms with Gasteiger partial charge in [-0.2, -0.15) is 5.10 Å². The summed E-state index contributed by atoms with van der Waals surface area (Å²) in [7, 11) is 1.95. The van der Waals surface area contributed by atoms with Crippen LogP contribution in [0, 0.1) is 6.92 Å². The van der Waals surface area contributed by atoms with Crippen molar-refractivity contribution in [3.8, 4) is 0 Å². The minimum Gasteiger partial charge on any atom is -0.310 e. The Hall–Kier alpha value is -1.32. The van der Waals surface area contributed by atoms with Crippen molar-refractivity contribution in [3.05, 3.63) is 52.3 Å². The summed E-state index contributed by atoms with van der Waals surface area (Å²) >= 11 is 6.25. The van der Waals surface area contributed by atoms with E-state index in [9.17, 15) is 0 Å². The molecule has 1 heterocycles. The maximum atomic E-state index is 6.25. The zero-order chi connectivity index (χ0) is 14.5. The second-order valence-electron chi connectivity index (χ2n) is 5.20. The van der Waals surface area contributed by atoms with Crippen LogP contribution in [-0.4, -0.2) is 16.3 Å². The summed E-state index contributed by atoms with van der Waals surface area (Å²) in [6, 6.07) is 8.61. The van der Waals surface area contributed by atoms with Crippen LogP contribution in [0.5, 0.6) is 0 Å². The average molecular weight is 292 g/mol. The van der Waals surface area contributed by atoms with Crippen molar-refractivity contribution in [1.82, 2.24) is 15.1 Å². The number of nitrogens with zero attached hydrogens (tertiary/aromatic N) is 2. The minimum absolute atomic E-state index is 0.253. The number of aromatic nitrogens is 2. The van der Waals surface area contributed by atoms with Crippen molar-refractivity contribution in [2.24, 2.45) is 7.05 Å². The molecule has 0 fully saturated rings. The van der Waals surface area contributed by atoms with Crippen LogP contribution in [-0.2, 0) is 13.5 Å². The van der Waals surface area contributed by atoms with Crippen LogP contribution in [0.15, 0.2) is 30.5 Å². The highest BCUT2D eigenvalue weighted by atomic mass is 35.5. The minimum atomic E-state index is 0.253. The van der Waals surface area contributed by atoms with Crippen LogP contribution >= 0.6 is 11.6 Å². The molecule has 0 radical (unpaired) electrons. The molecule has 1 N–H and O–H groups in total. The summed E-state index contributed by atoms with van der Waals surface area (Å²) < 4.78 is 1.84. The maximum Gasteiger partial charge on any atom is 0.0643 e. The standard InChI is InChI=1S/C16H22ClN3/c1-4-8-18-16(11-14-7-9-20(3)19-14)13-6-5-12(2)15(17)10-13/h5-7,9-10,16,18H,4,8,11H2,1-3H3. The second kappa shape index (κ2) is 6.91. The van der Waals surface area contributed by atoms with Gasteiger partial charge in [0, 0.05) is 30.7 Å². The first-order valence-electron chi connectivity index (χ1n) is 7.08. The van der Waals surface area contributed by atoms with Gasteiger partial charge in [0.25, 0.3) is 0 Å². The summed E-state index contributed by atoms with van der Waals surface area (Å²) in [6.45, 7) is 5.19. The van der Waals surface area contributed by atoms with E-state index in [0.717, 1.165) is 35.7 Å². The van der Waals surface area contributed by atoms with Crippen LogP contribution in [0.1, 0.15) is 36.2 Å². The molecule has 108 valence electrons. The topological polar surface area (TPSA) is 29.9 Å². The number of rotatable bonds is 6. The van der Waals surface area contributed by atoms with E-state index in [0.29, 0.717) is 0 Å². The van der Waals surface area contributed by atoms with Crippen LogP contribution in [0.25, 0.3) is 0 Å². The Morgan fingerprint density at radius 1 is 1.35 bits per heavy atom. The SMILES string of the molecule is CCCNC(Cc1ccn(C)n1)c1ccc(C)c(Cl)c1. The Kier molecular flexibility index (Phi) is 5.21. The molecule has 1 unspecified atom stereocenters. The van der Waals surface area contributed by atoms with E-state index >= 15 is 0 Å². The van der Waals surface area contributed by atoms with E-state index in [1.54, 1.807) is 0 Å². The van der Waals surface area contributed by atoms with Crippen molar-refractivity contribution < 1.29 is 0 Å². The van der Waals surface area contributed by atoms with Gasteiger partial charge in [0.05, 0.1) is 5.69 Å². The van der Waals surface area contributed by atoms with Gasteiger partial charge in [0.15, 0.2) is 0 Å². The maximum absolute atomic E-state index is 6.25. The van der Waals surface area contributed by atoms with Crippen LogP contribution in [0.4, 0.5) is 0 Å². The Labute approximate surface area is 126 Å². The highest BCUT2D eigenvalue weighted by Gasteiger charge is 2.14. The van der Waals surface area contributed by atoms with Gasteiger partial charge in [-0.3, -0.25) is 4.68 Å². The molecule has 0 bridgehead atoms. The Morgan fingerprint density at radius 2 is 2.15 bits per heavy atom. The van der Waals surface area contributed by atoms with Gasteiger partial charge in [-0.25, -0.2) is 0 Å². The van der Waals surface area contributed by atoms with E-state index in [4.69, 9.17) is 11.6 Å². The smallest absolute Gasteiger partial charge is 0.0643 e. The Morgan fingerprint density at radius 3 is 2.75 bits per heavy atom. The first-order chi connectivity index (χ1) is 9.60. The molecule has 0 saturated heterocycles. The molecule has 0 amide bonds. The molecular formula is C16H22ClN3. The third kappa shape index (κ3) is 3.84. The molecule has 4 heteroatoms. The van der Waals surface area contributed by atoms with Crippen molar-refractivity contribution >= 4 is 11.6 Å². The molecule has 0 aliphatic heterocycles. The van der Waals surface area contributed by atoms with Gasteiger partial charge >= 0.3 is 0 Å². The van der Waals surface area contributed by atoms with Crippen LogP contribution in [0.2, 0.25) is 5.02 Å². The van der Waals surface area contributed by atoms with Gasteiger partial charge in [-0.15, -0.1) is 0 Å². The third-order valence-corrected chi connectivity index (χ3v) is 3.83. The zero-order valence-corrected chi connectivity index (χ0v) is 13.1. The number of aryl methyl sites for hydroxylation is 2. The number of halogens is 1. The molecule has 0 aliphatic carbocycles. The lowest BCUT2D eigenvalue weighted by molar-refractivity contribution is 0.521. The zero-order valence-electron chi connectivity index (χ0n) is 12.4. The average Bonchev–Trinajstić information content (AvgIpc) is 2.83. The van der Waals surface area contributed by atoms with Crippen molar-refractivity contribution in [1.29, 1.82) is 0 Å². The van der Waals surface area contributed by atoms with Crippen molar-refractivity contribution in [3.63, 3.8) is 0 Å². The second-order valence-corrected chi connectivity index (χ2v) is 5.61. The lowest BCUT2D eigenvalue weighted by Gasteiger charge is -2.19. The summed E-state index contributed by atoms with van der Waals surface area (Å²) in [5.74, 6) is 0. The van der Waals surface area contributed by atoms with Crippen molar-refractivity contribution in [2.45, 2.75) is 32.7 Å². The molecule has 0 aliphatic rings. The number of hydrogen-bond donors (Lipinski definition) is 1. The molecule has 3 nitrogen and oxygen atoms in total. The quantitative estimate of drug-likeness (QED) is 0.880. The number of benzene rings is 1. The number of nitrogens with one attached hydrogen (secondary N) is 1. The Bertz CT molecular complexity index is 563. The molecular weight excluding hydrogens is 270 g/mol. The molecule has 1 aromatic carbocycles. The number of hydrogen-bond acceptors (Lipinski definition) is 2. The van der Waals surface area contributed by atoms with Gasteiger partial charge < -0.3 is 5.32 Å². The normalized spacial score (nSPS) is 12.6. The monoisotopic (exact) mass is 291 g/mol. The molecule has 20 heavy (non-hydrogen) atoms. The predicted octanol–water partition coefficient (Wildman–Crippen LogP) is 3.67. The van der Waals surface area contributed by atoms with Gasteiger partial charge in [-0.05, 0) is 43.1 Å². The van der Waals surface area contributed by atoms with Gasteiger partial charge in [-0.1, -0.05) is 30.7 Å². The molecule has 0 spiro atoms. The van der Waals surface area contributed by atoms with E-state index in [1.807, 2.05) is 24.9 Å². The summed E-state index contributed by atoms with van der Waals surface area (Å²) in [5.41, 5.74) is 3.43. The fraction of sp³-hybridized carbons (Fsp3) is 0.438. The lowest BCUT2D eigenvalue weighted by atomic mass is 10.0. The van der Waals surface area contributed by atoms with Gasteiger partial charge in [0.2, 0.25) is 0 Å². The fourth-order valence-electron chi connectivity index (χ4n) is 2.23. The van der Waals surface area contributed by atoms with Gasteiger partial charge in [0.1, 0.15) is 0 Å². The lowest BCUT2D eigenvalue weighted by Crippen LogP contribution is -2.24. The molecule has 2 aromatic rings. The van der Waals surface area contributed by atoms with Crippen LogP contribution < -0.4 is 5.32 Å². The molecule has 0 saturated carbocycles. The third-order valence-electron chi connectivity index (χ3n) is 3.42. The summed E-state index contributed by atoms with van der Waals surface area (Å²) in [4.78, 5) is 0. The largest absolute Gasteiger partial charge is 0.310 e. The fourth-order valence-corrected chi connectivity index (χ4v) is 2.42. The van der Waals surface area contributed by atoms with Crippen LogP contribution in [0.3, 0.4) is 0 Å². The van der Waals surface area contributed by atoms with E-state index in [2.05, 4.69) is 41.6 Å². The Balaban J connectivity index is 2.19. The molecule has 1 aromatic heterocycles. The van der Waals surface area contributed by atoms with E-state index in [-0.39, 0.29) is 6.04 Å². The van der Waals surface area contributed by atoms with E-state index < -0.39 is 0 Å². The first kappa shape index (κ1) is 15.1. The molecule has 1 atom stereocenters. The summed E-state index contributed by atoms with van der Waals surface area (Å²) in [6.07, 6.45) is 3.97.